The van der Waals surface area contributed by atoms with Gasteiger partial charge in [0, 0.05) is 12.8 Å². The minimum absolute atomic E-state index is 0. The summed E-state index contributed by atoms with van der Waals surface area (Å²) >= 11 is 0. The van der Waals surface area contributed by atoms with Crippen LogP contribution in [0.4, 0.5) is 0 Å². The molecule has 0 amide bonds. The van der Waals surface area contributed by atoms with Crippen molar-refractivity contribution in [3.63, 3.8) is 0 Å². The Hall–Kier alpha value is -0.128. The topological polar surface area (TPSA) is 34.1 Å². The first kappa shape index (κ1) is 9.98. The highest BCUT2D eigenvalue weighted by Crippen LogP contribution is 1.70. The fourth-order valence-electron chi connectivity index (χ4n) is 0.111. The van der Waals surface area contributed by atoms with Crippen molar-refractivity contribution in [2.45, 2.75) is 6.42 Å². The molecule has 1 radical (unpaired) electrons. The average molecular weight is 115 g/mol. The molecule has 0 unspecified atom stereocenters. The third kappa shape index (κ3) is 10.7. The van der Waals surface area contributed by atoms with Crippen LogP contribution in [0.1, 0.15) is 6.42 Å². The number of hydrogen-bond donors (Lipinski definition) is 0. The van der Waals surface area contributed by atoms with Crippen molar-refractivity contribution in [3.05, 3.63) is 6.42 Å². The summed E-state index contributed by atoms with van der Waals surface area (Å²) in [6, 6.07) is 0. The maximum Gasteiger partial charge on any atom is 0.187 e. The van der Waals surface area contributed by atoms with Crippen molar-refractivity contribution in [3.8, 4) is 0 Å². The minimum Gasteiger partial charge on any atom is -0.303 e. The second-order valence-corrected chi connectivity index (χ2v) is 0.774. The third-order valence-electron chi connectivity index (χ3n) is 0.329. The van der Waals surface area contributed by atoms with Gasteiger partial charge in [-0.25, -0.2) is 0 Å². The van der Waals surface area contributed by atoms with Gasteiger partial charge in [0.1, 0.15) is 12.6 Å². The first-order valence-corrected chi connectivity index (χ1v) is 1.62. The molecule has 0 aliphatic heterocycles. The molecule has 0 atom stereocenters. The summed E-state index contributed by atoms with van der Waals surface area (Å²) in [5.74, 6) is 0. The van der Waals surface area contributed by atoms with Gasteiger partial charge in [0.05, 0.1) is 0 Å². The van der Waals surface area contributed by atoms with E-state index in [9.17, 15) is 9.59 Å². The summed E-state index contributed by atoms with van der Waals surface area (Å²) in [6.07, 6.45) is 2.78. The first-order valence-electron chi connectivity index (χ1n) is 1.62. The van der Waals surface area contributed by atoms with Crippen molar-refractivity contribution in [1.29, 1.82) is 0 Å². The third-order valence-corrected chi connectivity index (χ3v) is 0.329. The molecule has 0 saturated heterocycles. The lowest BCUT2D eigenvalue weighted by molar-refractivity contribution is -0.109. The van der Waals surface area contributed by atoms with Crippen LogP contribution in [0.5, 0.6) is 0 Å². The summed E-state index contributed by atoms with van der Waals surface area (Å²) < 4.78 is 0. The Labute approximate surface area is 53.0 Å². The molecule has 7 heavy (non-hydrogen) atoms. The van der Waals surface area contributed by atoms with Gasteiger partial charge in [-0.2, -0.15) is 0 Å². The average Bonchev–Trinajstić information content (AvgIpc) is 1.61. The highest BCUT2D eigenvalue weighted by Gasteiger charge is 1.75. The van der Waals surface area contributed by atoms with E-state index in [1.165, 1.54) is 6.42 Å². The van der Waals surface area contributed by atoms with E-state index in [4.69, 9.17) is 0 Å². The van der Waals surface area contributed by atoms with Gasteiger partial charge < -0.3 is 9.59 Å². The van der Waals surface area contributed by atoms with Crippen LogP contribution in [0, 0.1) is 6.42 Å². The minimum atomic E-state index is 0. The summed E-state index contributed by atoms with van der Waals surface area (Å²) in [5.41, 5.74) is 0. The molecule has 0 bridgehead atoms. The first-order chi connectivity index (χ1) is 2.91. The Bertz CT molecular complexity index is 45.7. The molecule has 0 fully saturated rings. The Morgan fingerprint density at radius 1 is 1.29 bits per heavy atom. The Morgan fingerprint density at radius 2 is 1.86 bits per heavy atom. The zero-order valence-corrected chi connectivity index (χ0v) is 3.26. The highest BCUT2D eigenvalue weighted by molar-refractivity contribution is 5.75. The van der Waals surface area contributed by atoms with E-state index in [1.54, 1.807) is 0 Å². The molecule has 0 rings (SSSR count). The Balaban J connectivity index is 0. The van der Waals surface area contributed by atoms with Gasteiger partial charge in [-0.3, -0.25) is 0 Å². The summed E-state index contributed by atoms with van der Waals surface area (Å²) in [5, 5.41) is 0. The summed E-state index contributed by atoms with van der Waals surface area (Å²) in [4.78, 5) is 18.7. The largest absolute Gasteiger partial charge is 0.303 e. The van der Waals surface area contributed by atoms with Gasteiger partial charge in [0.2, 0.25) is 0 Å². The van der Waals surface area contributed by atoms with E-state index >= 15 is 0 Å². The molecule has 0 N–H and O–H groups in total. The van der Waals surface area contributed by atoms with Crippen LogP contribution in [-0.4, -0.2) is 29.9 Å². The number of rotatable bonds is 3. The van der Waals surface area contributed by atoms with Crippen LogP contribution in [0.2, 0.25) is 0 Å². The van der Waals surface area contributed by atoms with Gasteiger partial charge >= 0.3 is 0 Å². The van der Waals surface area contributed by atoms with Crippen LogP contribution in [0.15, 0.2) is 0 Å². The van der Waals surface area contributed by atoms with Crippen molar-refractivity contribution in [2.24, 2.45) is 0 Å². The molecule has 39 valence electrons. The van der Waals surface area contributed by atoms with E-state index in [1.807, 2.05) is 0 Å². The van der Waals surface area contributed by atoms with Gasteiger partial charge in [0.25, 0.3) is 0 Å². The molecule has 0 aromatic heterocycles. The number of unbranched alkanes of at least 4 members (excludes halogenated alkanes) is 1. The zero-order valence-electron chi connectivity index (χ0n) is 3.26. The van der Waals surface area contributed by atoms with E-state index < -0.39 is 0 Å². The predicted octanol–water partition coefficient (Wildman–Crippen LogP) is -1.21. The number of aldehydes is 2. The molecule has 0 aliphatic rings. The van der Waals surface area contributed by atoms with Crippen molar-refractivity contribution >= 4 is 29.9 Å². The lowest BCUT2D eigenvalue weighted by Gasteiger charge is -1.67. The van der Waals surface area contributed by atoms with Gasteiger partial charge in [0.15, 0.2) is 17.4 Å². The van der Waals surface area contributed by atoms with Gasteiger partial charge in [-0.05, 0) is 0 Å². The van der Waals surface area contributed by atoms with E-state index in [-0.39, 0.29) is 23.8 Å². The lowest BCUT2D eigenvalue weighted by Crippen LogP contribution is -1.75. The normalized spacial score (nSPS) is 6.29. The van der Waals surface area contributed by atoms with E-state index in [2.05, 4.69) is 0 Å². The maximum absolute atomic E-state index is 9.37. The molecule has 0 heterocycles. The number of hydrogen-bond acceptors (Lipinski definition) is 2. The fourth-order valence-corrected chi connectivity index (χ4v) is 0.111. The van der Waals surface area contributed by atoms with Crippen LogP contribution in [-0.2, 0) is 9.59 Å². The highest BCUT2D eigenvalue weighted by atomic mass is 27.0. The van der Waals surface area contributed by atoms with Crippen molar-refractivity contribution in [2.75, 3.05) is 0 Å². The molecule has 0 aromatic rings. The Morgan fingerprint density at radius 3 is 2.00 bits per heavy atom. The molecular formula is C4H8AlO2. The molecule has 0 aliphatic carbocycles. The summed E-state index contributed by atoms with van der Waals surface area (Å²) in [7, 11) is 0. The quantitative estimate of drug-likeness (QED) is 0.263. The van der Waals surface area contributed by atoms with Crippen LogP contribution >= 0.6 is 0 Å². The van der Waals surface area contributed by atoms with E-state index in [0.717, 1.165) is 0 Å². The molecule has 0 aromatic carbocycles. The van der Waals surface area contributed by atoms with E-state index in [0.29, 0.717) is 12.6 Å². The van der Waals surface area contributed by atoms with Gasteiger partial charge in [-0.1, -0.05) is 0 Å². The molecule has 3 heteroatoms. The second-order valence-electron chi connectivity index (χ2n) is 0.774. The van der Waals surface area contributed by atoms with Crippen molar-refractivity contribution < 1.29 is 9.59 Å². The Kier molecular flexibility index (Phi) is 13.3. The molecule has 2 nitrogen and oxygen atoms in total. The smallest absolute Gasteiger partial charge is 0.187 e. The molecule has 0 saturated carbocycles. The van der Waals surface area contributed by atoms with Gasteiger partial charge in [-0.15, -0.1) is 0 Å². The summed E-state index contributed by atoms with van der Waals surface area (Å²) in [6.45, 7) is 0. The lowest BCUT2D eigenvalue weighted by atomic mass is 10.4. The van der Waals surface area contributed by atoms with Crippen LogP contribution < -0.4 is 0 Å². The standard InChI is InChI=1S/C4H5O2.Al.3H/c5-3-1-2-4-6;;;;/h1,3-4H,2H2;;;;. The van der Waals surface area contributed by atoms with Crippen LogP contribution in [0.25, 0.3) is 0 Å². The zero-order chi connectivity index (χ0) is 4.83. The monoisotopic (exact) mass is 115 g/mol. The maximum atomic E-state index is 9.37. The molecule has 0 spiro atoms. The molecular weight excluding hydrogens is 107 g/mol. The van der Waals surface area contributed by atoms with Crippen molar-refractivity contribution in [1.82, 2.24) is 0 Å². The second kappa shape index (κ2) is 9.30. The predicted molar refractivity (Wildman–Crippen MR) is 31.0 cm³/mol. The SMILES string of the molecule is O=C[CH]CC=O.[AlH3]. The van der Waals surface area contributed by atoms with Crippen LogP contribution in [0.3, 0.4) is 0 Å². The number of carbonyl (C=O) groups excluding carboxylic acids is 2. The number of carbonyl (C=O) groups is 2. The fraction of sp³-hybridized carbons (Fsp3) is 0.250.